The van der Waals surface area contributed by atoms with E-state index in [2.05, 4.69) is 4.99 Å². The van der Waals surface area contributed by atoms with Crippen molar-refractivity contribution >= 4 is 11.9 Å². The number of aliphatic imine (C=N–C) groups is 1. The van der Waals surface area contributed by atoms with Crippen LogP contribution in [0.5, 0.6) is 5.75 Å². The maximum absolute atomic E-state index is 12.8. The number of hydrogen-bond acceptors (Lipinski definition) is 2. The predicted octanol–water partition coefficient (Wildman–Crippen LogP) is 5.16. The third-order valence-electron chi connectivity index (χ3n) is 3.32. The molecule has 114 valence electrons. The Morgan fingerprint density at radius 3 is 2.22 bits per heavy atom. The van der Waals surface area contributed by atoms with E-state index in [0.29, 0.717) is 6.61 Å². The van der Waals surface area contributed by atoms with Crippen molar-refractivity contribution in [2.45, 2.75) is 6.61 Å². The minimum atomic E-state index is -0.260. The first-order valence-electron chi connectivity index (χ1n) is 7.36. The van der Waals surface area contributed by atoms with Crippen LogP contribution in [0.3, 0.4) is 0 Å². The van der Waals surface area contributed by atoms with Crippen LogP contribution in [0.4, 0.5) is 10.1 Å². The standard InChI is InChI=1S/C20H16FNO/c21-18-8-10-19(11-9-18)22-14-16-6-12-20(13-7-16)23-15-17-4-2-1-3-5-17/h1-14H,15H2/b22-14+. The van der Waals surface area contributed by atoms with Gasteiger partial charge in [-0.25, -0.2) is 4.39 Å². The summed E-state index contributed by atoms with van der Waals surface area (Å²) in [7, 11) is 0. The second kappa shape index (κ2) is 7.36. The monoisotopic (exact) mass is 305 g/mol. The van der Waals surface area contributed by atoms with E-state index in [0.717, 1.165) is 22.6 Å². The van der Waals surface area contributed by atoms with Crippen LogP contribution in [0, 0.1) is 5.82 Å². The van der Waals surface area contributed by atoms with Gasteiger partial charge in [0.05, 0.1) is 5.69 Å². The predicted molar refractivity (Wildman–Crippen MR) is 90.9 cm³/mol. The lowest BCUT2D eigenvalue weighted by molar-refractivity contribution is 0.306. The number of ether oxygens (including phenoxy) is 1. The van der Waals surface area contributed by atoms with Crippen LogP contribution < -0.4 is 4.74 Å². The Kier molecular flexibility index (Phi) is 4.79. The quantitative estimate of drug-likeness (QED) is 0.597. The second-order valence-electron chi connectivity index (χ2n) is 5.08. The molecule has 0 bridgehead atoms. The van der Waals surface area contributed by atoms with E-state index in [1.54, 1.807) is 18.3 Å². The highest BCUT2D eigenvalue weighted by molar-refractivity contribution is 5.82. The van der Waals surface area contributed by atoms with Crippen molar-refractivity contribution < 1.29 is 9.13 Å². The van der Waals surface area contributed by atoms with Gasteiger partial charge in [0.2, 0.25) is 0 Å². The molecule has 0 unspecified atom stereocenters. The van der Waals surface area contributed by atoms with Crippen molar-refractivity contribution in [1.82, 2.24) is 0 Å². The molecule has 3 aromatic carbocycles. The van der Waals surface area contributed by atoms with E-state index in [9.17, 15) is 4.39 Å². The molecule has 3 heteroatoms. The number of benzene rings is 3. The smallest absolute Gasteiger partial charge is 0.123 e. The zero-order valence-electron chi connectivity index (χ0n) is 12.5. The molecule has 2 nitrogen and oxygen atoms in total. The van der Waals surface area contributed by atoms with Crippen molar-refractivity contribution in [2.75, 3.05) is 0 Å². The molecule has 0 saturated heterocycles. The zero-order valence-corrected chi connectivity index (χ0v) is 12.5. The third kappa shape index (κ3) is 4.51. The van der Waals surface area contributed by atoms with Gasteiger partial charge >= 0.3 is 0 Å². The van der Waals surface area contributed by atoms with Gasteiger partial charge in [-0.2, -0.15) is 0 Å². The fraction of sp³-hybridized carbons (Fsp3) is 0.0500. The Morgan fingerprint density at radius 1 is 0.826 bits per heavy atom. The van der Waals surface area contributed by atoms with Crippen LogP contribution in [-0.4, -0.2) is 6.21 Å². The molecule has 0 atom stereocenters. The van der Waals surface area contributed by atoms with Gasteiger partial charge in [-0.1, -0.05) is 30.3 Å². The average molecular weight is 305 g/mol. The van der Waals surface area contributed by atoms with Crippen LogP contribution in [0.2, 0.25) is 0 Å². The summed E-state index contributed by atoms with van der Waals surface area (Å²) in [5.74, 6) is 0.552. The average Bonchev–Trinajstić information content (AvgIpc) is 2.61. The molecule has 3 aromatic rings. The van der Waals surface area contributed by atoms with Gasteiger partial charge in [0, 0.05) is 6.21 Å². The van der Waals surface area contributed by atoms with Crippen LogP contribution >= 0.6 is 0 Å². The summed E-state index contributed by atoms with van der Waals surface area (Å²) in [6.45, 7) is 0.545. The molecular formula is C20H16FNO. The summed E-state index contributed by atoms with van der Waals surface area (Å²) in [6.07, 6.45) is 1.74. The lowest BCUT2D eigenvalue weighted by Crippen LogP contribution is -1.94. The maximum atomic E-state index is 12.8. The summed E-state index contributed by atoms with van der Waals surface area (Å²) in [6, 6.07) is 23.8. The van der Waals surface area contributed by atoms with E-state index in [1.165, 1.54) is 12.1 Å². The third-order valence-corrected chi connectivity index (χ3v) is 3.32. The fourth-order valence-corrected chi connectivity index (χ4v) is 2.07. The van der Waals surface area contributed by atoms with E-state index in [-0.39, 0.29) is 5.82 Å². The molecule has 3 rings (SSSR count). The molecule has 0 saturated carbocycles. The van der Waals surface area contributed by atoms with Crippen molar-refractivity contribution in [3.63, 3.8) is 0 Å². The molecule has 0 radical (unpaired) electrons. The Labute approximate surface area is 134 Å². The summed E-state index contributed by atoms with van der Waals surface area (Å²) in [4.78, 5) is 4.31. The number of hydrogen-bond donors (Lipinski definition) is 0. The topological polar surface area (TPSA) is 21.6 Å². The van der Waals surface area contributed by atoms with Crippen LogP contribution in [0.25, 0.3) is 0 Å². The largest absolute Gasteiger partial charge is 0.489 e. The molecule has 0 amide bonds. The molecule has 0 fully saturated rings. The summed E-state index contributed by atoms with van der Waals surface area (Å²) >= 11 is 0. The second-order valence-corrected chi connectivity index (χ2v) is 5.08. The van der Waals surface area contributed by atoms with Crippen molar-refractivity contribution in [3.8, 4) is 5.75 Å². The SMILES string of the molecule is Fc1ccc(/N=C/c2ccc(OCc3ccccc3)cc2)cc1. The number of nitrogens with zero attached hydrogens (tertiary/aromatic N) is 1. The van der Waals surface area contributed by atoms with Crippen LogP contribution in [-0.2, 0) is 6.61 Å². The van der Waals surface area contributed by atoms with Gasteiger partial charge in [-0.05, 0) is 59.7 Å². The fourth-order valence-electron chi connectivity index (χ4n) is 2.07. The summed E-state index contributed by atoms with van der Waals surface area (Å²) in [5.41, 5.74) is 2.81. The maximum Gasteiger partial charge on any atom is 0.123 e. The number of rotatable bonds is 5. The van der Waals surface area contributed by atoms with Crippen LogP contribution in [0.1, 0.15) is 11.1 Å². The highest BCUT2D eigenvalue weighted by Gasteiger charge is 1.96. The van der Waals surface area contributed by atoms with Gasteiger partial charge in [-0.15, -0.1) is 0 Å². The first kappa shape index (κ1) is 15.0. The van der Waals surface area contributed by atoms with E-state index in [1.807, 2.05) is 54.6 Å². The van der Waals surface area contributed by atoms with Crippen LogP contribution in [0.15, 0.2) is 83.9 Å². The van der Waals surface area contributed by atoms with Gasteiger partial charge in [0.25, 0.3) is 0 Å². The minimum absolute atomic E-state index is 0.260. The van der Waals surface area contributed by atoms with Gasteiger partial charge < -0.3 is 4.74 Å². The molecule has 0 N–H and O–H groups in total. The van der Waals surface area contributed by atoms with Crippen molar-refractivity contribution in [2.24, 2.45) is 4.99 Å². The molecule has 0 aliphatic carbocycles. The number of halogens is 1. The Morgan fingerprint density at radius 2 is 1.52 bits per heavy atom. The first-order valence-corrected chi connectivity index (χ1v) is 7.36. The van der Waals surface area contributed by atoms with Crippen molar-refractivity contribution in [3.05, 3.63) is 95.8 Å². The molecule has 0 aromatic heterocycles. The Balaban J connectivity index is 1.59. The molecule has 0 spiro atoms. The Bertz CT molecular complexity index is 765. The zero-order chi connectivity index (χ0) is 15.9. The van der Waals surface area contributed by atoms with E-state index >= 15 is 0 Å². The highest BCUT2D eigenvalue weighted by Crippen LogP contribution is 2.15. The normalized spacial score (nSPS) is 10.8. The molecule has 0 heterocycles. The lowest BCUT2D eigenvalue weighted by atomic mass is 10.2. The molecule has 23 heavy (non-hydrogen) atoms. The molecule has 0 aliphatic rings. The Hall–Kier alpha value is -2.94. The summed E-state index contributed by atoms with van der Waals surface area (Å²) in [5, 5.41) is 0. The van der Waals surface area contributed by atoms with Crippen molar-refractivity contribution in [1.29, 1.82) is 0 Å². The summed E-state index contributed by atoms with van der Waals surface area (Å²) < 4.78 is 18.6. The van der Waals surface area contributed by atoms with Gasteiger partial charge in [0.1, 0.15) is 18.2 Å². The van der Waals surface area contributed by atoms with E-state index < -0.39 is 0 Å². The highest BCUT2D eigenvalue weighted by atomic mass is 19.1. The molecule has 0 aliphatic heterocycles. The minimum Gasteiger partial charge on any atom is -0.489 e. The van der Waals surface area contributed by atoms with Gasteiger partial charge in [0.15, 0.2) is 0 Å². The van der Waals surface area contributed by atoms with Gasteiger partial charge in [-0.3, -0.25) is 4.99 Å². The lowest BCUT2D eigenvalue weighted by Gasteiger charge is -2.06. The first-order chi connectivity index (χ1) is 11.3. The molecular weight excluding hydrogens is 289 g/mol. The van der Waals surface area contributed by atoms with E-state index in [4.69, 9.17) is 4.74 Å².